The maximum atomic E-state index is 11.5. The van der Waals surface area contributed by atoms with Gasteiger partial charge in [0.25, 0.3) is 5.56 Å². The highest BCUT2D eigenvalue weighted by Gasteiger charge is 2.09. The van der Waals surface area contributed by atoms with Crippen molar-refractivity contribution >= 4 is 5.97 Å². The second kappa shape index (κ2) is 6.14. The molecule has 0 fully saturated rings. The molecular formula is C13H15N3O4. The number of aryl methyl sites for hydroxylation is 2. The molecule has 0 saturated carbocycles. The van der Waals surface area contributed by atoms with Crippen LogP contribution in [-0.4, -0.2) is 25.8 Å². The first kappa shape index (κ1) is 14.0. The summed E-state index contributed by atoms with van der Waals surface area (Å²) < 4.78 is 6.90. The number of carboxylic acid groups (broad SMARTS) is 1. The minimum atomic E-state index is -0.809. The lowest BCUT2D eigenvalue weighted by atomic mass is 10.2. The summed E-state index contributed by atoms with van der Waals surface area (Å²) in [7, 11) is 1.66. The maximum absolute atomic E-state index is 11.5. The van der Waals surface area contributed by atoms with Crippen LogP contribution >= 0.6 is 0 Å². The van der Waals surface area contributed by atoms with Gasteiger partial charge in [-0.15, -0.1) is 10.2 Å². The van der Waals surface area contributed by atoms with Crippen LogP contribution in [0.2, 0.25) is 0 Å². The Hall–Kier alpha value is -2.44. The molecule has 2 aromatic rings. The van der Waals surface area contributed by atoms with Gasteiger partial charge < -0.3 is 14.1 Å². The predicted molar refractivity (Wildman–Crippen MR) is 70.2 cm³/mol. The highest BCUT2D eigenvalue weighted by molar-refractivity contribution is 5.66. The molecule has 1 N–H and O–H groups in total. The molecule has 106 valence electrons. The number of hydrogen-bond donors (Lipinski definition) is 1. The van der Waals surface area contributed by atoms with Gasteiger partial charge >= 0.3 is 5.97 Å². The molecule has 0 atom stereocenters. The average Bonchev–Trinajstić information content (AvgIpc) is 2.86. The number of hydrogen-bond acceptors (Lipinski definition) is 5. The first-order chi connectivity index (χ1) is 9.56. The number of nitrogens with zero attached hydrogens (tertiary/aromatic N) is 3. The van der Waals surface area contributed by atoms with E-state index in [2.05, 4.69) is 10.2 Å². The lowest BCUT2D eigenvalue weighted by Gasteiger charge is -1.97. The molecule has 0 aliphatic rings. The molecule has 2 heterocycles. The number of carbonyl (C=O) groups is 1. The van der Waals surface area contributed by atoms with Gasteiger partial charge in [-0.2, -0.15) is 0 Å². The lowest BCUT2D eigenvalue weighted by Crippen LogP contribution is -2.14. The van der Waals surface area contributed by atoms with E-state index in [-0.39, 0.29) is 12.0 Å². The summed E-state index contributed by atoms with van der Waals surface area (Å²) in [5, 5.41) is 16.3. The van der Waals surface area contributed by atoms with Crippen molar-refractivity contribution in [2.45, 2.75) is 25.7 Å². The van der Waals surface area contributed by atoms with E-state index in [1.807, 2.05) is 0 Å². The van der Waals surface area contributed by atoms with Crippen molar-refractivity contribution < 1.29 is 14.3 Å². The molecule has 0 unspecified atom stereocenters. The Morgan fingerprint density at radius 1 is 1.40 bits per heavy atom. The molecule has 2 aromatic heterocycles. The highest BCUT2D eigenvalue weighted by Crippen LogP contribution is 2.16. The second-order valence-electron chi connectivity index (χ2n) is 4.47. The van der Waals surface area contributed by atoms with Gasteiger partial charge in [-0.3, -0.25) is 9.59 Å². The van der Waals surface area contributed by atoms with Crippen molar-refractivity contribution in [1.29, 1.82) is 0 Å². The lowest BCUT2D eigenvalue weighted by molar-refractivity contribution is -0.137. The zero-order valence-electron chi connectivity index (χ0n) is 11.1. The largest absolute Gasteiger partial charge is 0.481 e. The number of aromatic nitrogens is 3. The summed E-state index contributed by atoms with van der Waals surface area (Å²) in [5.74, 6) is -0.0571. The van der Waals surface area contributed by atoms with E-state index in [0.29, 0.717) is 36.6 Å². The van der Waals surface area contributed by atoms with Gasteiger partial charge in [0.05, 0.1) is 0 Å². The van der Waals surface area contributed by atoms with Crippen LogP contribution in [0.1, 0.15) is 25.2 Å². The van der Waals surface area contributed by atoms with Crippen molar-refractivity contribution in [2.24, 2.45) is 7.05 Å². The number of aliphatic carboxylic acids is 1. The van der Waals surface area contributed by atoms with E-state index in [1.54, 1.807) is 19.3 Å². The Labute approximate surface area is 114 Å². The molecule has 0 spiro atoms. The quantitative estimate of drug-likeness (QED) is 0.797. The van der Waals surface area contributed by atoms with Crippen molar-refractivity contribution in [1.82, 2.24) is 14.8 Å². The second-order valence-corrected chi connectivity index (χ2v) is 4.47. The van der Waals surface area contributed by atoms with Gasteiger partial charge in [0.1, 0.15) is 0 Å². The molecule has 0 radical (unpaired) electrons. The van der Waals surface area contributed by atoms with E-state index in [9.17, 15) is 9.59 Å². The number of rotatable bonds is 6. The summed E-state index contributed by atoms with van der Waals surface area (Å²) in [6.07, 6.45) is 3.54. The van der Waals surface area contributed by atoms with E-state index in [4.69, 9.17) is 9.52 Å². The highest BCUT2D eigenvalue weighted by atomic mass is 16.4. The Morgan fingerprint density at radius 3 is 2.90 bits per heavy atom. The molecule has 2 rings (SSSR count). The van der Waals surface area contributed by atoms with E-state index >= 15 is 0 Å². The smallest absolute Gasteiger partial charge is 0.303 e. The first-order valence-electron chi connectivity index (χ1n) is 6.27. The molecule has 0 aliphatic heterocycles. The molecule has 0 saturated heterocycles. The maximum Gasteiger partial charge on any atom is 0.303 e. The van der Waals surface area contributed by atoms with E-state index in [0.717, 1.165) is 0 Å². The van der Waals surface area contributed by atoms with E-state index in [1.165, 1.54) is 10.6 Å². The molecular weight excluding hydrogens is 262 g/mol. The topological polar surface area (TPSA) is 98.2 Å². The summed E-state index contributed by atoms with van der Waals surface area (Å²) >= 11 is 0. The van der Waals surface area contributed by atoms with Crippen molar-refractivity contribution in [2.75, 3.05) is 0 Å². The van der Waals surface area contributed by atoms with Crippen LogP contribution in [0.4, 0.5) is 0 Å². The Bertz CT molecular complexity index is 660. The standard InChI is InChI=1S/C13H15N3O4/c1-16-7-6-9(8-11(16)17)13-15-14-10(20-13)4-2-3-5-12(18)19/h6-8H,2-5H2,1H3,(H,18,19). The first-order valence-corrected chi connectivity index (χ1v) is 6.27. The van der Waals surface area contributed by atoms with Crippen LogP contribution in [0.5, 0.6) is 0 Å². The summed E-state index contributed by atoms with van der Waals surface area (Å²) in [5.41, 5.74) is 0.432. The minimum absolute atomic E-state index is 0.135. The zero-order valence-corrected chi connectivity index (χ0v) is 11.1. The normalized spacial score (nSPS) is 10.7. The molecule has 0 aromatic carbocycles. The Morgan fingerprint density at radius 2 is 2.20 bits per heavy atom. The minimum Gasteiger partial charge on any atom is -0.481 e. The van der Waals surface area contributed by atoms with Gasteiger partial charge in [-0.25, -0.2) is 0 Å². The number of carboxylic acids is 1. The predicted octanol–water partition coefficient (Wildman–Crippen LogP) is 1.23. The SMILES string of the molecule is Cn1ccc(-c2nnc(CCCCC(=O)O)o2)cc1=O. The van der Waals surface area contributed by atoms with Crippen molar-refractivity contribution in [3.8, 4) is 11.5 Å². The monoisotopic (exact) mass is 277 g/mol. The third kappa shape index (κ3) is 3.53. The van der Waals surface area contributed by atoms with Crippen LogP contribution in [0.25, 0.3) is 11.5 Å². The molecule has 0 bridgehead atoms. The molecule has 0 aliphatic carbocycles. The Balaban J connectivity index is 1.99. The fourth-order valence-electron chi connectivity index (χ4n) is 1.71. The van der Waals surface area contributed by atoms with Gasteiger partial charge in [0.2, 0.25) is 11.8 Å². The van der Waals surface area contributed by atoms with Crippen LogP contribution in [-0.2, 0) is 18.3 Å². The molecule has 7 nitrogen and oxygen atoms in total. The van der Waals surface area contributed by atoms with Crippen LogP contribution in [0.15, 0.2) is 27.5 Å². The molecule has 7 heteroatoms. The Kier molecular flexibility index (Phi) is 4.29. The number of pyridine rings is 1. The van der Waals surface area contributed by atoms with E-state index < -0.39 is 5.97 Å². The molecule has 0 amide bonds. The van der Waals surface area contributed by atoms with Crippen molar-refractivity contribution in [3.05, 3.63) is 34.6 Å². The van der Waals surface area contributed by atoms with Crippen LogP contribution in [0.3, 0.4) is 0 Å². The van der Waals surface area contributed by atoms with Crippen molar-refractivity contribution in [3.63, 3.8) is 0 Å². The summed E-state index contributed by atoms with van der Waals surface area (Å²) in [4.78, 5) is 21.9. The van der Waals surface area contributed by atoms with Gasteiger partial charge in [-0.1, -0.05) is 0 Å². The number of unbranched alkanes of at least 4 members (excludes halogenated alkanes) is 1. The van der Waals surface area contributed by atoms with Gasteiger partial charge in [0, 0.05) is 37.7 Å². The summed E-state index contributed by atoms with van der Waals surface area (Å²) in [6, 6.07) is 3.16. The average molecular weight is 277 g/mol. The van der Waals surface area contributed by atoms with Crippen LogP contribution < -0.4 is 5.56 Å². The van der Waals surface area contributed by atoms with Crippen LogP contribution in [0, 0.1) is 0 Å². The third-order valence-electron chi connectivity index (χ3n) is 2.85. The summed E-state index contributed by atoms with van der Waals surface area (Å²) in [6.45, 7) is 0. The fraction of sp³-hybridized carbons (Fsp3) is 0.385. The fourth-order valence-corrected chi connectivity index (χ4v) is 1.71. The van der Waals surface area contributed by atoms with Gasteiger partial charge in [0.15, 0.2) is 0 Å². The van der Waals surface area contributed by atoms with Gasteiger partial charge in [-0.05, 0) is 18.9 Å². The molecule has 20 heavy (non-hydrogen) atoms. The zero-order chi connectivity index (χ0) is 14.5. The third-order valence-corrected chi connectivity index (χ3v) is 2.85.